The van der Waals surface area contributed by atoms with Crippen molar-refractivity contribution in [2.45, 2.75) is 25.0 Å². The van der Waals surface area contributed by atoms with E-state index >= 15 is 0 Å². The number of fused-ring (bicyclic) bond motifs is 3. The van der Waals surface area contributed by atoms with Crippen LogP contribution in [0, 0.1) is 0 Å². The molecule has 0 saturated heterocycles. The molecule has 7 heteroatoms. The lowest BCUT2D eigenvalue weighted by molar-refractivity contribution is -0.155. The van der Waals surface area contributed by atoms with Crippen LogP contribution in [0.25, 0.3) is 11.1 Å². The maximum Gasteiger partial charge on any atom is 0.410 e. The molecule has 0 fully saturated rings. The number of benzene rings is 3. The molecule has 180 valence electrons. The first kappa shape index (κ1) is 24.0. The first-order chi connectivity index (χ1) is 17.0. The summed E-state index contributed by atoms with van der Waals surface area (Å²) in [6.07, 6.45) is -1.07. The van der Waals surface area contributed by atoms with Gasteiger partial charge in [-0.05, 0) is 27.8 Å². The molecule has 1 atom stereocenters. The zero-order valence-electron chi connectivity index (χ0n) is 19.7. The number of hydrogen-bond acceptors (Lipinski definition) is 6. The fraction of sp³-hybridized carbons (Fsp3) is 0.250. The van der Waals surface area contributed by atoms with Gasteiger partial charge >= 0.3 is 18.0 Å². The minimum atomic E-state index is -1.18. The van der Waals surface area contributed by atoms with Crippen molar-refractivity contribution in [3.8, 4) is 11.1 Å². The Morgan fingerprint density at radius 2 is 1.40 bits per heavy atom. The number of carbonyl (C=O) groups excluding carboxylic acids is 3. The third-order valence-electron chi connectivity index (χ3n) is 6.18. The summed E-state index contributed by atoms with van der Waals surface area (Å²) >= 11 is 0. The van der Waals surface area contributed by atoms with E-state index in [2.05, 4.69) is 12.1 Å². The molecule has 0 heterocycles. The molecule has 0 radical (unpaired) electrons. The van der Waals surface area contributed by atoms with E-state index in [0.717, 1.165) is 32.7 Å². The van der Waals surface area contributed by atoms with E-state index in [1.165, 1.54) is 14.2 Å². The Kier molecular flexibility index (Phi) is 7.45. The largest absolute Gasteiger partial charge is 0.469 e. The van der Waals surface area contributed by atoms with Gasteiger partial charge in [0.25, 0.3) is 0 Å². The molecule has 1 amide bonds. The lowest BCUT2D eigenvalue weighted by Crippen LogP contribution is -2.45. The average Bonchev–Trinajstić information content (AvgIpc) is 3.22. The van der Waals surface area contributed by atoms with E-state index in [0.29, 0.717) is 0 Å². The Morgan fingerprint density at radius 3 is 2.00 bits per heavy atom. The molecule has 3 aromatic rings. The fourth-order valence-electron chi connectivity index (χ4n) is 4.27. The van der Waals surface area contributed by atoms with Gasteiger partial charge < -0.3 is 14.2 Å². The number of likely N-dealkylation sites (N-methyl/N-ethyl adjacent to an activating group) is 1. The van der Waals surface area contributed by atoms with Crippen LogP contribution in [0.3, 0.4) is 0 Å². The number of esters is 2. The molecule has 3 aromatic carbocycles. The lowest BCUT2D eigenvalue weighted by atomic mass is 9.98. The summed E-state index contributed by atoms with van der Waals surface area (Å²) in [6, 6.07) is 24.0. The van der Waals surface area contributed by atoms with Crippen LogP contribution >= 0.6 is 0 Å². The molecule has 0 bridgehead atoms. The zero-order chi connectivity index (χ0) is 24.8. The normalized spacial score (nSPS) is 12.7. The van der Waals surface area contributed by atoms with E-state index in [1.54, 1.807) is 0 Å². The maximum atomic E-state index is 13.0. The molecule has 0 aliphatic heterocycles. The van der Waals surface area contributed by atoms with Crippen molar-refractivity contribution in [3.63, 3.8) is 0 Å². The summed E-state index contributed by atoms with van der Waals surface area (Å²) in [5.74, 6) is -1.47. The highest BCUT2D eigenvalue weighted by atomic mass is 16.6. The van der Waals surface area contributed by atoms with Gasteiger partial charge in [-0.3, -0.25) is 9.69 Å². The highest BCUT2D eigenvalue weighted by molar-refractivity contribution is 5.86. The van der Waals surface area contributed by atoms with Crippen molar-refractivity contribution in [2.75, 3.05) is 20.8 Å². The van der Waals surface area contributed by atoms with Crippen molar-refractivity contribution in [1.29, 1.82) is 0 Å². The Morgan fingerprint density at radius 1 is 0.829 bits per heavy atom. The van der Waals surface area contributed by atoms with Crippen LogP contribution in [0.2, 0.25) is 0 Å². The third-order valence-corrected chi connectivity index (χ3v) is 6.18. The van der Waals surface area contributed by atoms with Gasteiger partial charge in [0, 0.05) is 13.0 Å². The number of amides is 1. The Labute approximate surface area is 204 Å². The van der Waals surface area contributed by atoms with Gasteiger partial charge in [-0.1, -0.05) is 78.9 Å². The van der Waals surface area contributed by atoms with E-state index in [1.807, 2.05) is 66.7 Å². The second-order valence-electron chi connectivity index (χ2n) is 8.30. The van der Waals surface area contributed by atoms with Crippen LogP contribution in [-0.4, -0.2) is 49.7 Å². The summed E-state index contributed by atoms with van der Waals surface area (Å²) in [5, 5.41) is 0. The van der Waals surface area contributed by atoms with Gasteiger partial charge in [0.1, 0.15) is 19.3 Å². The molecule has 7 nitrogen and oxygen atoms in total. The number of carbonyl (C=O) groups is 3. The lowest BCUT2D eigenvalue weighted by Gasteiger charge is -2.26. The Hall–Kier alpha value is -4.13. The average molecular weight is 474 g/mol. The third kappa shape index (κ3) is 5.35. The molecular weight excluding hydrogens is 446 g/mol. The van der Waals surface area contributed by atoms with Gasteiger partial charge in [-0.25, -0.2) is 9.59 Å². The van der Waals surface area contributed by atoms with Crippen LogP contribution in [0.15, 0.2) is 78.9 Å². The molecular formula is C28H27NO6. The molecule has 1 aliphatic rings. The zero-order valence-corrected chi connectivity index (χ0v) is 19.7. The number of ether oxygens (including phenoxy) is 3. The van der Waals surface area contributed by atoms with Gasteiger partial charge in [0.2, 0.25) is 0 Å². The minimum Gasteiger partial charge on any atom is -0.469 e. The Balaban J connectivity index is 1.44. The van der Waals surface area contributed by atoms with E-state index in [-0.39, 0.29) is 25.6 Å². The topological polar surface area (TPSA) is 82.1 Å². The van der Waals surface area contributed by atoms with Crippen molar-refractivity contribution in [1.82, 2.24) is 4.90 Å². The predicted molar refractivity (Wildman–Crippen MR) is 129 cm³/mol. The van der Waals surface area contributed by atoms with Crippen LogP contribution in [0.4, 0.5) is 4.79 Å². The summed E-state index contributed by atoms with van der Waals surface area (Å²) < 4.78 is 15.7. The SMILES string of the molecule is COC(=O)C[C@@H](C(=O)OCc1ccccc1)N(C)C(=O)OCC1c2ccccc2-c2ccccc21. The summed E-state index contributed by atoms with van der Waals surface area (Å²) in [5.41, 5.74) is 5.19. The van der Waals surface area contributed by atoms with Crippen LogP contribution < -0.4 is 0 Å². The van der Waals surface area contributed by atoms with E-state index in [4.69, 9.17) is 14.2 Å². The molecule has 35 heavy (non-hydrogen) atoms. The second kappa shape index (κ2) is 10.9. The number of rotatable bonds is 8. The molecule has 0 N–H and O–H groups in total. The molecule has 1 aliphatic carbocycles. The summed E-state index contributed by atoms with van der Waals surface area (Å²) in [4.78, 5) is 38.8. The molecule has 0 spiro atoms. The van der Waals surface area contributed by atoms with Crippen molar-refractivity contribution < 1.29 is 28.6 Å². The Bertz CT molecular complexity index is 1160. The quantitative estimate of drug-likeness (QED) is 0.353. The van der Waals surface area contributed by atoms with Crippen molar-refractivity contribution >= 4 is 18.0 Å². The molecule has 0 unspecified atom stereocenters. The van der Waals surface area contributed by atoms with Crippen LogP contribution in [-0.2, 0) is 30.4 Å². The molecule has 4 rings (SSSR count). The monoisotopic (exact) mass is 473 g/mol. The van der Waals surface area contributed by atoms with Gasteiger partial charge in [0.05, 0.1) is 13.5 Å². The molecule has 0 saturated carbocycles. The van der Waals surface area contributed by atoms with Crippen LogP contribution in [0.1, 0.15) is 29.0 Å². The maximum absolute atomic E-state index is 13.0. The highest BCUT2D eigenvalue weighted by Gasteiger charge is 2.34. The summed E-state index contributed by atoms with van der Waals surface area (Å²) in [7, 11) is 2.64. The number of nitrogens with zero attached hydrogens (tertiary/aromatic N) is 1. The smallest absolute Gasteiger partial charge is 0.410 e. The van der Waals surface area contributed by atoms with Gasteiger partial charge in [-0.2, -0.15) is 0 Å². The minimum absolute atomic E-state index is 0.0237. The predicted octanol–water partition coefficient (Wildman–Crippen LogP) is 4.54. The van der Waals surface area contributed by atoms with Crippen LogP contribution in [0.5, 0.6) is 0 Å². The van der Waals surface area contributed by atoms with Crippen molar-refractivity contribution in [3.05, 3.63) is 95.6 Å². The first-order valence-electron chi connectivity index (χ1n) is 11.3. The fourth-order valence-corrected chi connectivity index (χ4v) is 4.27. The van der Waals surface area contributed by atoms with Crippen molar-refractivity contribution in [2.24, 2.45) is 0 Å². The standard InChI is InChI=1S/C28H27NO6/c1-29(25(16-26(30)33-2)27(31)34-17-19-10-4-3-5-11-19)28(32)35-18-24-22-14-8-6-12-20(22)21-13-7-9-15-23(21)24/h3-15,24-25H,16-18H2,1-2H3/t25-/m0/s1. The van der Waals surface area contributed by atoms with Gasteiger partial charge in [-0.15, -0.1) is 0 Å². The first-order valence-corrected chi connectivity index (χ1v) is 11.3. The number of hydrogen-bond donors (Lipinski definition) is 0. The second-order valence-corrected chi connectivity index (χ2v) is 8.30. The molecule has 0 aromatic heterocycles. The highest BCUT2D eigenvalue weighted by Crippen LogP contribution is 2.44. The summed E-state index contributed by atoms with van der Waals surface area (Å²) in [6.45, 7) is 0.122. The van der Waals surface area contributed by atoms with E-state index in [9.17, 15) is 14.4 Å². The number of methoxy groups -OCH3 is 1. The van der Waals surface area contributed by atoms with Gasteiger partial charge in [0.15, 0.2) is 0 Å². The van der Waals surface area contributed by atoms with E-state index < -0.39 is 24.1 Å².